The first-order valence-corrected chi connectivity index (χ1v) is 12.5. The molecule has 8 heteroatoms. The molecule has 1 atom stereocenters. The molecule has 2 aromatic heterocycles. The zero-order valence-corrected chi connectivity index (χ0v) is 20.6. The molecule has 5 rings (SSSR count). The summed E-state index contributed by atoms with van der Waals surface area (Å²) in [6.07, 6.45) is 3.49. The Bertz CT molecular complexity index is 1300. The summed E-state index contributed by atoms with van der Waals surface area (Å²) in [6, 6.07) is 20.0. The molecule has 35 heavy (non-hydrogen) atoms. The molecule has 0 unspecified atom stereocenters. The number of aromatic nitrogens is 4. The fraction of sp³-hybridized carbons (Fsp3) is 0.259. The Labute approximate surface area is 209 Å². The third kappa shape index (κ3) is 4.99. The van der Waals surface area contributed by atoms with Gasteiger partial charge in [-0.3, -0.25) is 14.3 Å². The lowest BCUT2D eigenvalue weighted by Gasteiger charge is -2.30. The molecule has 3 heterocycles. The molecule has 1 aliphatic heterocycles. The van der Waals surface area contributed by atoms with Crippen molar-refractivity contribution in [3.05, 3.63) is 89.7 Å². The standard InChI is InChI=1S/C27H27N5O2S/c1-19-8-9-23(18-20(19)2)32-25(22-10-12-28-13-11-22)29-30-27(32)35-24(21-6-4-3-5-7-21)26(33)31-14-16-34-17-15-31/h3-13,18,24H,14-17H2,1-2H3/t24-/m0/s1. The van der Waals surface area contributed by atoms with E-state index in [0.29, 0.717) is 37.3 Å². The number of thioether (sulfide) groups is 1. The third-order valence-electron chi connectivity index (χ3n) is 6.19. The predicted octanol–water partition coefficient (Wildman–Crippen LogP) is 4.64. The maximum Gasteiger partial charge on any atom is 0.240 e. The third-order valence-corrected chi connectivity index (χ3v) is 7.38. The van der Waals surface area contributed by atoms with Crippen molar-refractivity contribution in [2.45, 2.75) is 24.3 Å². The van der Waals surface area contributed by atoms with Crippen molar-refractivity contribution in [2.75, 3.05) is 26.3 Å². The molecule has 7 nitrogen and oxygen atoms in total. The van der Waals surface area contributed by atoms with E-state index in [4.69, 9.17) is 4.74 Å². The lowest BCUT2D eigenvalue weighted by Crippen LogP contribution is -2.42. The summed E-state index contributed by atoms with van der Waals surface area (Å²) in [6.45, 7) is 6.49. The molecule has 0 saturated carbocycles. The minimum absolute atomic E-state index is 0.0598. The summed E-state index contributed by atoms with van der Waals surface area (Å²) in [4.78, 5) is 19.7. The van der Waals surface area contributed by atoms with Crippen molar-refractivity contribution < 1.29 is 9.53 Å². The van der Waals surface area contributed by atoms with Crippen molar-refractivity contribution >= 4 is 17.7 Å². The molecule has 0 spiro atoms. The zero-order chi connectivity index (χ0) is 24.2. The number of ether oxygens (including phenoxy) is 1. The topological polar surface area (TPSA) is 73.1 Å². The van der Waals surface area contributed by atoms with Crippen LogP contribution in [0.2, 0.25) is 0 Å². The van der Waals surface area contributed by atoms with Crippen LogP contribution in [0.15, 0.2) is 78.2 Å². The maximum absolute atomic E-state index is 13.7. The molecule has 1 aliphatic rings. The molecule has 1 amide bonds. The molecule has 0 N–H and O–H groups in total. The Balaban J connectivity index is 1.59. The van der Waals surface area contributed by atoms with Crippen LogP contribution in [0.4, 0.5) is 0 Å². The number of rotatable bonds is 6. The second-order valence-corrected chi connectivity index (χ2v) is 9.56. The van der Waals surface area contributed by atoms with Crippen LogP contribution in [0.1, 0.15) is 21.9 Å². The number of carbonyl (C=O) groups excluding carboxylic acids is 1. The van der Waals surface area contributed by atoms with E-state index in [1.807, 2.05) is 51.9 Å². The van der Waals surface area contributed by atoms with E-state index in [0.717, 1.165) is 16.8 Å². The van der Waals surface area contributed by atoms with Gasteiger partial charge in [0, 0.05) is 31.0 Å². The molecular weight excluding hydrogens is 458 g/mol. The van der Waals surface area contributed by atoms with Crippen LogP contribution in [-0.2, 0) is 9.53 Å². The van der Waals surface area contributed by atoms with E-state index in [2.05, 4.69) is 47.2 Å². The van der Waals surface area contributed by atoms with Crippen LogP contribution in [0, 0.1) is 13.8 Å². The second-order valence-electron chi connectivity index (χ2n) is 8.49. The van der Waals surface area contributed by atoms with Gasteiger partial charge >= 0.3 is 0 Å². The summed E-state index contributed by atoms with van der Waals surface area (Å²) >= 11 is 1.43. The normalized spacial score (nSPS) is 14.6. The molecule has 178 valence electrons. The first-order chi connectivity index (χ1) is 17.1. The van der Waals surface area contributed by atoms with E-state index < -0.39 is 5.25 Å². The Morgan fingerprint density at radius 1 is 0.943 bits per heavy atom. The number of nitrogens with zero attached hydrogens (tertiary/aromatic N) is 5. The Morgan fingerprint density at radius 3 is 2.40 bits per heavy atom. The van der Waals surface area contributed by atoms with Crippen LogP contribution in [-0.4, -0.2) is 56.9 Å². The summed E-state index contributed by atoms with van der Waals surface area (Å²) in [5, 5.41) is 9.34. The highest BCUT2D eigenvalue weighted by atomic mass is 32.2. The van der Waals surface area contributed by atoms with Crippen LogP contribution in [0.3, 0.4) is 0 Å². The zero-order valence-electron chi connectivity index (χ0n) is 19.8. The molecule has 1 saturated heterocycles. The highest BCUT2D eigenvalue weighted by Gasteiger charge is 2.31. The van der Waals surface area contributed by atoms with Crippen molar-refractivity contribution in [1.29, 1.82) is 0 Å². The van der Waals surface area contributed by atoms with Gasteiger partial charge < -0.3 is 9.64 Å². The van der Waals surface area contributed by atoms with Crippen LogP contribution >= 0.6 is 11.8 Å². The minimum Gasteiger partial charge on any atom is -0.378 e. The first-order valence-electron chi connectivity index (χ1n) is 11.6. The summed E-state index contributed by atoms with van der Waals surface area (Å²) in [5.41, 5.74) is 5.20. The second kappa shape index (κ2) is 10.4. The number of carbonyl (C=O) groups is 1. The van der Waals surface area contributed by atoms with E-state index >= 15 is 0 Å². The molecule has 0 bridgehead atoms. The highest BCUT2D eigenvalue weighted by molar-refractivity contribution is 8.00. The van der Waals surface area contributed by atoms with E-state index in [1.54, 1.807) is 12.4 Å². The number of benzene rings is 2. The maximum atomic E-state index is 13.7. The largest absolute Gasteiger partial charge is 0.378 e. The Kier molecular flexibility index (Phi) is 6.92. The van der Waals surface area contributed by atoms with E-state index in [-0.39, 0.29) is 5.91 Å². The number of hydrogen-bond donors (Lipinski definition) is 0. The molecule has 4 aromatic rings. The molecule has 1 fully saturated rings. The van der Waals surface area contributed by atoms with Crippen molar-refractivity contribution in [2.24, 2.45) is 0 Å². The predicted molar refractivity (Wildman–Crippen MR) is 137 cm³/mol. The number of pyridine rings is 1. The van der Waals surface area contributed by atoms with Gasteiger partial charge in [-0.1, -0.05) is 48.2 Å². The number of aryl methyl sites for hydroxylation is 2. The van der Waals surface area contributed by atoms with Crippen molar-refractivity contribution in [1.82, 2.24) is 24.6 Å². The number of morpholine rings is 1. The van der Waals surface area contributed by atoms with Gasteiger partial charge in [-0.2, -0.15) is 0 Å². The van der Waals surface area contributed by atoms with E-state index in [9.17, 15) is 4.79 Å². The molecule has 0 radical (unpaired) electrons. The molecule has 2 aromatic carbocycles. The lowest BCUT2D eigenvalue weighted by atomic mass is 10.1. The molecule has 0 aliphatic carbocycles. The number of hydrogen-bond acceptors (Lipinski definition) is 6. The lowest BCUT2D eigenvalue weighted by molar-refractivity contribution is -0.134. The van der Waals surface area contributed by atoms with Gasteiger partial charge in [-0.15, -0.1) is 10.2 Å². The van der Waals surface area contributed by atoms with Gasteiger partial charge in [0.1, 0.15) is 5.25 Å². The van der Waals surface area contributed by atoms with Gasteiger partial charge in [0.2, 0.25) is 5.91 Å². The van der Waals surface area contributed by atoms with Gasteiger partial charge in [0.05, 0.1) is 18.9 Å². The monoisotopic (exact) mass is 485 g/mol. The van der Waals surface area contributed by atoms with Crippen LogP contribution in [0.25, 0.3) is 17.1 Å². The summed E-state index contributed by atoms with van der Waals surface area (Å²) in [7, 11) is 0. The van der Waals surface area contributed by atoms with Gasteiger partial charge in [0.25, 0.3) is 0 Å². The summed E-state index contributed by atoms with van der Waals surface area (Å²) in [5.74, 6) is 0.772. The first kappa shape index (κ1) is 23.3. The average Bonchev–Trinajstić information content (AvgIpc) is 3.33. The minimum atomic E-state index is -0.450. The van der Waals surface area contributed by atoms with E-state index in [1.165, 1.54) is 22.9 Å². The number of amides is 1. The molecular formula is C27H27N5O2S. The Morgan fingerprint density at radius 2 is 1.69 bits per heavy atom. The quantitative estimate of drug-likeness (QED) is 0.371. The van der Waals surface area contributed by atoms with Crippen molar-refractivity contribution in [3.8, 4) is 17.1 Å². The Hall–Kier alpha value is -3.49. The highest BCUT2D eigenvalue weighted by Crippen LogP contribution is 2.39. The smallest absolute Gasteiger partial charge is 0.240 e. The fourth-order valence-corrected chi connectivity index (χ4v) is 5.21. The van der Waals surface area contributed by atoms with Crippen molar-refractivity contribution in [3.63, 3.8) is 0 Å². The van der Waals surface area contributed by atoms with Crippen LogP contribution in [0.5, 0.6) is 0 Å². The van der Waals surface area contributed by atoms with Crippen LogP contribution < -0.4 is 0 Å². The van der Waals surface area contributed by atoms with Gasteiger partial charge in [0.15, 0.2) is 11.0 Å². The fourth-order valence-electron chi connectivity index (χ4n) is 4.08. The van der Waals surface area contributed by atoms with Gasteiger partial charge in [-0.05, 0) is 54.8 Å². The SMILES string of the molecule is Cc1ccc(-n2c(S[C@H](C(=O)N3CCOCC3)c3ccccc3)nnc2-c2ccncc2)cc1C. The van der Waals surface area contributed by atoms with Gasteiger partial charge in [-0.25, -0.2) is 0 Å². The summed E-state index contributed by atoms with van der Waals surface area (Å²) < 4.78 is 7.51. The average molecular weight is 486 g/mol.